The van der Waals surface area contributed by atoms with Crippen LogP contribution >= 0.6 is 0 Å². The summed E-state index contributed by atoms with van der Waals surface area (Å²) in [7, 11) is 9.30. The number of aromatic nitrogens is 9. The molecule has 5 aromatic heterocycles. The largest absolute Gasteiger partial charge is 0.478 e. The van der Waals surface area contributed by atoms with Crippen LogP contribution in [0.1, 0.15) is 61.4 Å². The molecule has 1 aromatic carbocycles. The molecule has 1 amide bonds. The molecule has 0 unspecified atom stereocenters. The minimum Gasteiger partial charge on any atom is -0.478 e. The second kappa shape index (κ2) is 9.75. The molecule has 0 bridgehead atoms. The molecule has 3 saturated carbocycles. The highest BCUT2D eigenvalue weighted by Gasteiger charge is 2.46. The first kappa shape index (κ1) is 27.3. The molecule has 3 aliphatic rings. The maximum atomic E-state index is 12.5. The van der Waals surface area contributed by atoms with E-state index in [2.05, 4.69) is 40.0 Å². The quantitative estimate of drug-likeness (QED) is 0.237. The van der Waals surface area contributed by atoms with Crippen LogP contribution in [-0.4, -0.2) is 75.9 Å². The Morgan fingerprint density at radius 1 is 0.957 bits per heavy atom. The van der Waals surface area contributed by atoms with Gasteiger partial charge in [0.1, 0.15) is 11.5 Å². The van der Waals surface area contributed by atoms with Gasteiger partial charge in [0.2, 0.25) is 5.91 Å². The highest BCUT2D eigenvalue weighted by atomic mass is 16.5. The van der Waals surface area contributed by atoms with Crippen LogP contribution in [0.15, 0.2) is 42.9 Å². The molecule has 0 aliphatic heterocycles. The number of pyridine rings is 1. The predicted octanol–water partition coefficient (Wildman–Crippen LogP) is 4.98. The number of fused-ring (bicyclic) bond motifs is 2. The average Bonchev–Trinajstić information content (AvgIpc) is 4.00. The molecule has 12 nitrogen and oxygen atoms in total. The van der Waals surface area contributed by atoms with Crippen molar-refractivity contribution < 1.29 is 9.53 Å². The number of carbonyl (C=O) groups is 1. The van der Waals surface area contributed by atoms with E-state index in [1.54, 1.807) is 26.1 Å². The van der Waals surface area contributed by atoms with E-state index < -0.39 is 0 Å². The van der Waals surface area contributed by atoms with E-state index in [0.29, 0.717) is 17.7 Å². The van der Waals surface area contributed by atoms with Gasteiger partial charge in [0, 0.05) is 80.0 Å². The number of amides is 1. The number of hydrogen-bond donors (Lipinski definition) is 0. The van der Waals surface area contributed by atoms with Crippen LogP contribution in [0.2, 0.25) is 0 Å². The predicted molar refractivity (Wildman–Crippen MR) is 173 cm³/mol. The monoisotopic (exact) mass is 616 g/mol. The van der Waals surface area contributed by atoms with Crippen LogP contribution in [0, 0.1) is 5.92 Å². The Hall–Kier alpha value is -5.00. The minimum absolute atomic E-state index is 0.0204. The Labute approximate surface area is 265 Å². The van der Waals surface area contributed by atoms with Gasteiger partial charge in [0.25, 0.3) is 5.88 Å². The van der Waals surface area contributed by atoms with Crippen LogP contribution in [0.25, 0.3) is 50.3 Å². The first-order valence-electron chi connectivity index (χ1n) is 16.0. The van der Waals surface area contributed by atoms with Gasteiger partial charge in [-0.2, -0.15) is 10.2 Å². The van der Waals surface area contributed by atoms with Crippen LogP contribution < -0.4 is 4.74 Å². The van der Waals surface area contributed by atoms with Crippen molar-refractivity contribution in [1.29, 1.82) is 0 Å². The van der Waals surface area contributed by atoms with Gasteiger partial charge in [-0.25, -0.2) is 14.6 Å². The fraction of sp³-hybridized carbons (Fsp3) is 0.412. The fourth-order valence-electron chi connectivity index (χ4n) is 6.99. The molecule has 12 heteroatoms. The summed E-state index contributed by atoms with van der Waals surface area (Å²) in [5, 5.41) is 16.3. The zero-order chi connectivity index (χ0) is 31.4. The van der Waals surface area contributed by atoms with Gasteiger partial charge in [-0.05, 0) is 44.2 Å². The Balaban J connectivity index is 1.15. The zero-order valence-electron chi connectivity index (χ0n) is 26.7. The molecule has 0 spiro atoms. The molecule has 2 atom stereocenters. The van der Waals surface area contributed by atoms with Crippen molar-refractivity contribution in [2.45, 2.75) is 50.0 Å². The number of carbonyl (C=O) groups excluding carboxylic acids is 1. The summed E-state index contributed by atoms with van der Waals surface area (Å²) in [6.45, 7) is 0. The standard InChI is InChI=1S/C34H36N10O2/c1-40(2)34(45)22-14-26(22)44-17-27(33(39-44)46-5)43-16-24-21(7-6-8-25(24)37-43)29-30(19-11-12-19)42(4)32(36-29)23-13-20-15-41(3)38-31(20)35-28(23)18-9-10-18/h6-8,13,15-19,22,26H,9-12,14H2,1-5H3/t22-,26-/m0/s1. The van der Waals surface area contributed by atoms with Crippen molar-refractivity contribution in [3.8, 4) is 34.2 Å². The third-order valence-corrected chi connectivity index (χ3v) is 9.73. The highest BCUT2D eigenvalue weighted by Crippen LogP contribution is 2.49. The van der Waals surface area contributed by atoms with E-state index in [1.165, 1.54) is 5.69 Å². The maximum absolute atomic E-state index is 12.5. The van der Waals surface area contributed by atoms with Crippen molar-refractivity contribution in [2.24, 2.45) is 20.0 Å². The fourth-order valence-corrected chi connectivity index (χ4v) is 6.99. The van der Waals surface area contributed by atoms with E-state index >= 15 is 0 Å². The first-order valence-corrected chi connectivity index (χ1v) is 16.0. The van der Waals surface area contributed by atoms with Crippen LogP contribution in [-0.2, 0) is 18.9 Å². The SMILES string of the molecule is COc1nn([C@H]2C[C@@H]2C(=O)N(C)C)cc1-n1cc2c(-c3nc(-c4cc5cn(C)nc5nc4C4CC4)n(C)c3C3CC3)cccc2n1. The van der Waals surface area contributed by atoms with Gasteiger partial charge in [0.15, 0.2) is 5.65 Å². The molecule has 9 rings (SSSR count). The number of benzene rings is 1. The number of methoxy groups -OCH3 is 1. The molecule has 234 valence electrons. The molecule has 46 heavy (non-hydrogen) atoms. The van der Waals surface area contributed by atoms with Gasteiger partial charge in [-0.3, -0.25) is 14.2 Å². The number of ether oxygens (including phenoxy) is 1. The molecular formula is C34H36N10O2. The van der Waals surface area contributed by atoms with Crippen LogP contribution in [0.5, 0.6) is 5.88 Å². The number of imidazole rings is 1. The van der Waals surface area contributed by atoms with Gasteiger partial charge in [-0.15, -0.1) is 5.10 Å². The van der Waals surface area contributed by atoms with Crippen molar-refractivity contribution in [2.75, 3.05) is 21.2 Å². The van der Waals surface area contributed by atoms with Crippen molar-refractivity contribution >= 4 is 27.8 Å². The summed E-state index contributed by atoms with van der Waals surface area (Å²) in [6.07, 6.45) is 11.4. The number of rotatable bonds is 8. The van der Waals surface area contributed by atoms with Crippen molar-refractivity contribution in [3.63, 3.8) is 0 Å². The third kappa shape index (κ3) is 4.26. The average molecular weight is 617 g/mol. The lowest BCUT2D eigenvalue weighted by molar-refractivity contribution is -0.130. The lowest BCUT2D eigenvalue weighted by Crippen LogP contribution is -2.24. The van der Waals surface area contributed by atoms with Crippen molar-refractivity contribution in [1.82, 2.24) is 48.8 Å². The maximum Gasteiger partial charge on any atom is 0.258 e. The van der Waals surface area contributed by atoms with E-state index in [-0.39, 0.29) is 17.9 Å². The summed E-state index contributed by atoms with van der Waals surface area (Å²) < 4.78 is 13.5. The smallest absolute Gasteiger partial charge is 0.258 e. The highest BCUT2D eigenvalue weighted by molar-refractivity contribution is 5.95. The Morgan fingerprint density at radius 2 is 1.76 bits per heavy atom. The molecule has 0 radical (unpaired) electrons. The minimum atomic E-state index is -0.0653. The molecule has 5 heterocycles. The van der Waals surface area contributed by atoms with Gasteiger partial charge < -0.3 is 14.2 Å². The summed E-state index contributed by atoms with van der Waals surface area (Å²) in [5.41, 5.74) is 7.93. The summed E-state index contributed by atoms with van der Waals surface area (Å²) in [4.78, 5) is 24.7. The second-order valence-corrected chi connectivity index (χ2v) is 13.4. The zero-order valence-corrected chi connectivity index (χ0v) is 26.7. The number of hydrogen-bond acceptors (Lipinski definition) is 7. The summed E-state index contributed by atoms with van der Waals surface area (Å²) >= 11 is 0. The van der Waals surface area contributed by atoms with E-state index in [0.717, 1.165) is 88.1 Å². The number of nitrogens with zero attached hydrogens (tertiary/aromatic N) is 10. The second-order valence-electron chi connectivity index (χ2n) is 13.4. The Morgan fingerprint density at radius 3 is 2.50 bits per heavy atom. The molecule has 0 N–H and O–H groups in total. The van der Waals surface area contributed by atoms with E-state index in [1.807, 2.05) is 45.7 Å². The lowest BCUT2D eigenvalue weighted by Gasteiger charge is -2.10. The number of aryl methyl sites for hydroxylation is 1. The third-order valence-electron chi connectivity index (χ3n) is 9.73. The van der Waals surface area contributed by atoms with E-state index in [4.69, 9.17) is 19.8 Å². The molecule has 6 aromatic rings. The molecule has 3 aliphatic carbocycles. The lowest BCUT2D eigenvalue weighted by atomic mass is 10.0. The Bertz CT molecular complexity index is 2190. The van der Waals surface area contributed by atoms with Crippen LogP contribution in [0.3, 0.4) is 0 Å². The first-order chi connectivity index (χ1) is 22.3. The van der Waals surface area contributed by atoms with Gasteiger partial charge in [0.05, 0.1) is 42.2 Å². The van der Waals surface area contributed by atoms with E-state index in [9.17, 15) is 4.79 Å². The Kier molecular flexibility index (Phi) is 5.79. The van der Waals surface area contributed by atoms with Crippen molar-refractivity contribution in [3.05, 3.63) is 54.2 Å². The normalized spacial score (nSPS) is 19.3. The summed E-state index contributed by atoms with van der Waals surface area (Å²) in [6, 6.07) is 8.49. The van der Waals surface area contributed by atoms with Crippen LogP contribution in [0.4, 0.5) is 0 Å². The topological polar surface area (TPSA) is 114 Å². The molecule has 0 saturated heterocycles. The molecular weight excluding hydrogens is 580 g/mol. The summed E-state index contributed by atoms with van der Waals surface area (Å²) in [5.74, 6) is 2.41. The molecule has 3 fully saturated rings. The van der Waals surface area contributed by atoms with Gasteiger partial charge in [-0.1, -0.05) is 12.1 Å². The van der Waals surface area contributed by atoms with Gasteiger partial charge >= 0.3 is 0 Å².